The lowest BCUT2D eigenvalue weighted by Crippen LogP contribution is -2.22. The predicted molar refractivity (Wildman–Crippen MR) is 165 cm³/mol. The Kier molecular flexibility index (Phi) is 4.96. The molecule has 1 amide bonds. The van der Waals surface area contributed by atoms with Gasteiger partial charge in [-0.05, 0) is 88.6 Å². The molecule has 0 spiro atoms. The molecule has 8 aromatic carbocycles. The summed E-state index contributed by atoms with van der Waals surface area (Å²) in [6, 6.07) is 39.5. The van der Waals surface area contributed by atoms with Crippen molar-refractivity contribution in [2.45, 2.75) is 25.8 Å². The molecular weight excluding hydrogens is 474 g/mol. The highest BCUT2D eigenvalue weighted by atomic mass is 16.1. The van der Waals surface area contributed by atoms with Crippen LogP contribution in [0.25, 0.3) is 64.6 Å². The van der Waals surface area contributed by atoms with Crippen molar-refractivity contribution in [3.8, 4) is 0 Å². The van der Waals surface area contributed by atoms with Gasteiger partial charge < -0.3 is 5.32 Å². The predicted octanol–water partition coefficient (Wildman–Crippen LogP) is 9.12. The molecule has 2 heteroatoms. The summed E-state index contributed by atoms with van der Waals surface area (Å²) in [7, 11) is 0. The van der Waals surface area contributed by atoms with Gasteiger partial charge in [-0.15, -0.1) is 0 Å². The van der Waals surface area contributed by atoms with E-state index in [1.165, 1.54) is 75.8 Å². The first-order valence-electron chi connectivity index (χ1n) is 13.8. The summed E-state index contributed by atoms with van der Waals surface area (Å²) in [5.41, 5.74) is 2.49. The molecule has 0 heterocycles. The van der Waals surface area contributed by atoms with Crippen LogP contribution in [0.3, 0.4) is 0 Å². The highest BCUT2D eigenvalue weighted by Gasteiger charge is 2.13. The Balaban J connectivity index is 1.00. The summed E-state index contributed by atoms with van der Waals surface area (Å²) in [6.45, 7) is 0.547. The summed E-state index contributed by atoms with van der Waals surface area (Å²) >= 11 is 0. The van der Waals surface area contributed by atoms with Crippen LogP contribution in [-0.4, -0.2) is 5.91 Å². The molecule has 2 nitrogen and oxygen atoms in total. The number of hydrogen-bond acceptors (Lipinski definition) is 1. The van der Waals surface area contributed by atoms with E-state index >= 15 is 0 Å². The van der Waals surface area contributed by atoms with Crippen LogP contribution in [0.15, 0.2) is 109 Å². The van der Waals surface area contributed by atoms with Crippen LogP contribution in [0.1, 0.15) is 24.0 Å². The molecular formula is C37H27NO. The lowest BCUT2D eigenvalue weighted by Gasteiger charge is -2.15. The van der Waals surface area contributed by atoms with Crippen LogP contribution in [-0.2, 0) is 17.8 Å². The van der Waals surface area contributed by atoms with Gasteiger partial charge in [-0.1, -0.05) is 109 Å². The van der Waals surface area contributed by atoms with Crippen molar-refractivity contribution >= 4 is 70.5 Å². The van der Waals surface area contributed by atoms with Crippen molar-refractivity contribution < 1.29 is 4.79 Å². The van der Waals surface area contributed by atoms with Gasteiger partial charge in [0.05, 0.1) is 0 Å². The first kappa shape index (κ1) is 22.3. The molecule has 1 N–H and O–H groups in total. The lowest BCUT2D eigenvalue weighted by atomic mass is 9.90. The van der Waals surface area contributed by atoms with E-state index in [-0.39, 0.29) is 5.91 Å². The first-order chi connectivity index (χ1) is 19.2. The second-order valence-electron chi connectivity index (χ2n) is 10.8. The van der Waals surface area contributed by atoms with E-state index in [1.54, 1.807) is 0 Å². The molecule has 0 saturated heterocycles. The summed E-state index contributed by atoms with van der Waals surface area (Å²) in [6.07, 6.45) is 2.24. The van der Waals surface area contributed by atoms with Crippen LogP contribution in [0, 0.1) is 0 Å². The van der Waals surface area contributed by atoms with Gasteiger partial charge >= 0.3 is 0 Å². The second kappa shape index (κ2) is 8.68. The highest BCUT2D eigenvalue weighted by molar-refractivity contribution is 6.24. The molecule has 186 valence electrons. The van der Waals surface area contributed by atoms with Gasteiger partial charge in [0.25, 0.3) is 0 Å². The van der Waals surface area contributed by atoms with E-state index in [4.69, 9.17) is 0 Å². The highest BCUT2D eigenvalue weighted by Crippen LogP contribution is 2.37. The Morgan fingerprint density at radius 3 is 1.49 bits per heavy atom. The summed E-state index contributed by atoms with van der Waals surface area (Å²) < 4.78 is 0. The van der Waals surface area contributed by atoms with Gasteiger partial charge in [-0.25, -0.2) is 0 Å². The Bertz CT molecular complexity index is 2140. The van der Waals surface area contributed by atoms with Gasteiger partial charge in [0.1, 0.15) is 0 Å². The number of carbonyl (C=O) groups is 1. The molecule has 0 fully saturated rings. The van der Waals surface area contributed by atoms with Crippen molar-refractivity contribution in [3.05, 3.63) is 120 Å². The van der Waals surface area contributed by atoms with Gasteiger partial charge in [-0.3, -0.25) is 4.79 Å². The molecule has 0 aliphatic rings. The smallest absolute Gasteiger partial charge is 0.220 e. The van der Waals surface area contributed by atoms with E-state index in [0.29, 0.717) is 13.0 Å². The quantitative estimate of drug-likeness (QED) is 0.226. The van der Waals surface area contributed by atoms with Crippen LogP contribution >= 0.6 is 0 Å². The van der Waals surface area contributed by atoms with Gasteiger partial charge in [0, 0.05) is 13.0 Å². The monoisotopic (exact) mass is 501 g/mol. The molecule has 0 radical (unpaired) electrons. The Morgan fingerprint density at radius 2 is 0.923 bits per heavy atom. The molecule has 0 bridgehead atoms. The van der Waals surface area contributed by atoms with Crippen molar-refractivity contribution in [1.82, 2.24) is 5.32 Å². The standard InChI is InChI=1S/C37H27NO/c39-33(38-22-30-17-16-29-15-13-25-6-2-8-27-19-21-32(30)37(29)35(25)27)9-3-4-23-10-11-28-14-12-24-5-1-7-26-18-20-31(23)36(28)34(24)26/h1-2,5-8,10-21H,3-4,9,22H2,(H,38,39). The van der Waals surface area contributed by atoms with Gasteiger partial charge in [0.2, 0.25) is 5.91 Å². The number of rotatable bonds is 6. The Morgan fingerprint density at radius 1 is 0.487 bits per heavy atom. The fourth-order valence-corrected chi connectivity index (χ4v) is 6.69. The van der Waals surface area contributed by atoms with Crippen molar-refractivity contribution in [2.24, 2.45) is 0 Å². The van der Waals surface area contributed by atoms with Gasteiger partial charge in [-0.2, -0.15) is 0 Å². The molecule has 8 aromatic rings. The van der Waals surface area contributed by atoms with Crippen LogP contribution < -0.4 is 5.32 Å². The third kappa shape index (κ3) is 3.52. The lowest BCUT2D eigenvalue weighted by molar-refractivity contribution is -0.121. The fourth-order valence-electron chi connectivity index (χ4n) is 6.69. The van der Waals surface area contributed by atoms with E-state index in [2.05, 4.69) is 115 Å². The number of benzene rings is 8. The van der Waals surface area contributed by atoms with Crippen LogP contribution in [0.5, 0.6) is 0 Å². The number of amides is 1. The van der Waals surface area contributed by atoms with Crippen molar-refractivity contribution in [3.63, 3.8) is 0 Å². The third-order valence-corrected chi connectivity index (χ3v) is 8.56. The third-order valence-electron chi connectivity index (χ3n) is 8.56. The van der Waals surface area contributed by atoms with E-state index < -0.39 is 0 Å². The largest absolute Gasteiger partial charge is 0.352 e. The first-order valence-corrected chi connectivity index (χ1v) is 13.8. The second-order valence-corrected chi connectivity index (χ2v) is 10.8. The van der Waals surface area contributed by atoms with Gasteiger partial charge in [0.15, 0.2) is 0 Å². The maximum absolute atomic E-state index is 12.9. The number of hydrogen-bond donors (Lipinski definition) is 1. The molecule has 0 saturated carbocycles. The normalized spacial score (nSPS) is 12.1. The zero-order valence-electron chi connectivity index (χ0n) is 21.6. The molecule has 39 heavy (non-hydrogen) atoms. The average Bonchev–Trinajstić information content (AvgIpc) is 2.98. The van der Waals surface area contributed by atoms with Crippen molar-refractivity contribution in [2.75, 3.05) is 0 Å². The number of aryl methyl sites for hydroxylation is 1. The molecule has 0 aliphatic carbocycles. The average molecular weight is 502 g/mol. The Hall–Kier alpha value is -4.69. The van der Waals surface area contributed by atoms with E-state index in [0.717, 1.165) is 12.8 Å². The molecule has 8 rings (SSSR count). The maximum atomic E-state index is 12.9. The van der Waals surface area contributed by atoms with Crippen LogP contribution in [0.4, 0.5) is 0 Å². The van der Waals surface area contributed by atoms with E-state index in [9.17, 15) is 4.79 Å². The zero-order valence-corrected chi connectivity index (χ0v) is 21.6. The minimum Gasteiger partial charge on any atom is -0.352 e. The minimum absolute atomic E-state index is 0.110. The number of carbonyl (C=O) groups excluding carboxylic acids is 1. The summed E-state index contributed by atoms with van der Waals surface area (Å²) in [4.78, 5) is 12.9. The minimum atomic E-state index is 0.110. The molecule has 0 aromatic heterocycles. The topological polar surface area (TPSA) is 29.1 Å². The molecule has 0 unspecified atom stereocenters. The SMILES string of the molecule is O=C(CCCc1ccc2ccc3cccc4ccc1c2c34)NCc1ccc2ccc3cccc4ccc1c2c34. The summed E-state index contributed by atoms with van der Waals surface area (Å²) in [5, 5.41) is 18.7. The van der Waals surface area contributed by atoms with Crippen LogP contribution in [0.2, 0.25) is 0 Å². The number of nitrogens with one attached hydrogen (secondary N) is 1. The fraction of sp³-hybridized carbons (Fsp3) is 0.108. The van der Waals surface area contributed by atoms with E-state index in [1.807, 2.05) is 0 Å². The molecule has 0 aliphatic heterocycles. The van der Waals surface area contributed by atoms with Crippen molar-refractivity contribution in [1.29, 1.82) is 0 Å². The summed E-state index contributed by atoms with van der Waals surface area (Å²) in [5.74, 6) is 0.110. The zero-order chi connectivity index (χ0) is 25.9. The Labute approximate surface area is 226 Å². The maximum Gasteiger partial charge on any atom is 0.220 e. The molecule has 0 atom stereocenters.